The van der Waals surface area contributed by atoms with Crippen LogP contribution in [0.2, 0.25) is 5.02 Å². The van der Waals surface area contributed by atoms with Crippen LogP contribution >= 0.6 is 11.6 Å². The predicted octanol–water partition coefficient (Wildman–Crippen LogP) is 5.07. The fraction of sp³-hybridized carbons (Fsp3) is 0.182. The van der Waals surface area contributed by atoms with Crippen molar-refractivity contribution in [2.75, 3.05) is 0 Å². The maximum absolute atomic E-state index is 12.5. The molecule has 0 aliphatic heterocycles. The standard InChI is InChI=1S/C22H22ClN3O2/c1-3-16(2)28-21-11-10-17(14-19(21)23)15-24-25-22(27)18-8-4-5-9-20(18)26-12-6-7-13-26/h4-16H,3H2,1-2H3,(H,25,27)/b24-15-/t16-/m1/s1. The van der Waals surface area contributed by atoms with E-state index in [1.807, 2.05) is 60.3 Å². The van der Waals surface area contributed by atoms with Crippen molar-refractivity contribution in [3.05, 3.63) is 83.1 Å². The molecular weight excluding hydrogens is 374 g/mol. The maximum atomic E-state index is 12.5. The SMILES string of the molecule is CC[C@@H](C)Oc1ccc(/C=N\NC(=O)c2ccccc2-n2cccc2)cc1Cl. The highest BCUT2D eigenvalue weighted by Gasteiger charge is 2.11. The fourth-order valence-corrected chi connectivity index (χ4v) is 2.84. The van der Waals surface area contributed by atoms with Crippen LogP contribution in [-0.4, -0.2) is 22.8 Å². The number of amides is 1. The molecule has 0 saturated carbocycles. The summed E-state index contributed by atoms with van der Waals surface area (Å²) in [7, 11) is 0. The highest BCUT2D eigenvalue weighted by molar-refractivity contribution is 6.32. The topological polar surface area (TPSA) is 55.6 Å². The predicted molar refractivity (Wildman–Crippen MR) is 113 cm³/mol. The summed E-state index contributed by atoms with van der Waals surface area (Å²) in [6.45, 7) is 4.05. The summed E-state index contributed by atoms with van der Waals surface area (Å²) in [4.78, 5) is 12.5. The number of carbonyl (C=O) groups excluding carboxylic acids is 1. The van der Waals surface area contributed by atoms with E-state index in [4.69, 9.17) is 16.3 Å². The summed E-state index contributed by atoms with van der Waals surface area (Å²) in [6, 6.07) is 16.6. The summed E-state index contributed by atoms with van der Waals surface area (Å²) in [5, 5.41) is 4.56. The lowest BCUT2D eigenvalue weighted by Gasteiger charge is -2.13. The molecule has 0 unspecified atom stereocenters. The number of halogens is 1. The van der Waals surface area contributed by atoms with E-state index in [1.165, 1.54) is 0 Å². The van der Waals surface area contributed by atoms with Crippen LogP contribution in [0, 0.1) is 0 Å². The van der Waals surface area contributed by atoms with Gasteiger partial charge in [0.1, 0.15) is 5.75 Å². The monoisotopic (exact) mass is 395 g/mol. The van der Waals surface area contributed by atoms with Gasteiger partial charge < -0.3 is 9.30 Å². The average molecular weight is 396 g/mol. The lowest BCUT2D eigenvalue weighted by atomic mass is 10.1. The molecular formula is C22H22ClN3O2. The van der Waals surface area contributed by atoms with E-state index in [9.17, 15) is 4.79 Å². The van der Waals surface area contributed by atoms with Gasteiger partial charge >= 0.3 is 0 Å². The smallest absolute Gasteiger partial charge is 0.273 e. The Bertz CT molecular complexity index is 968. The highest BCUT2D eigenvalue weighted by Crippen LogP contribution is 2.26. The van der Waals surface area contributed by atoms with Crippen LogP contribution in [0.3, 0.4) is 0 Å². The van der Waals surface area contributed by atoms with Crippen molar-refractivity contribution in [2.24, 2.45) is 5.10 Å². The van der Waals surface area contributed by atoms with Crippen LogP contribution in [0.4, 0.5) is 0 Å². The zero-order valence-electron chi connectivity index (χ0n) is 15.8. The molecule has 1 aromatic heterocycles. The van der Waals surface area contributed by atoms with Gasteiger partial charge in [0.2, 0.25) is 0 Å². The van der Waals surface area contributed by atoms with Gasteiger partial charge in [0, 0.05) is 12.4 Å². The summed E-state index contributed by atoms with van der Waals surface area (Å²) in [5.41, 5.74) is 4.65. The van der Waals surface area contributed by atoms with Crippen molar-refractivity contribution in [3.8, 4) is 11.4 Å². The first-order valence-electron chi connectivity index (χ1n) is 9.10. The molecule has 1 N–H and O–H groups in total. The zero-order valence-corrected chi connectivity index (χ0v) is 16.6. The Kier molecular flexibility index (Phi) is 6.50. The Hall–Kier alpha value is -3.05. The van der Waals surface area contributed by atoms with Gasteiger partial charge in [-0.15, -0.1) is 0 Å². The largest absolute Gasteiger partial charge is 0.489 e. The third kappa shape index (κ3) is 4.81. The minimum atomic E-state index is -0.289. The second-order valence-corrected chi connectivity index (χ2v) is 6.74. The quantitative estimate of drug-likeness (QED) is 0.448. The Morgan fingerprint density at radius 2 is 1.96 bits per heavy atom. The molecule has 3 aromatic rings. The van der Waals surface area contributed by atoms with Crippen LogP contribution in [-0.2, 0) is 0 Å². The number of para-hydroxylation sites is 1. The Morgan fingerprint density at radius 1 is 1.21 bits per heavy atom. The number of aromatic nitrogens is 1. The molecule has 0 aliphatic rings. The molecule has 5 nitrogen and oxygen atoms in total. The van der Waals surface area contributed by atoms with Crippen LogP contribution < -0.4 is 10.2 Å². The molecule has 0 spiro atoms. The fourth-order valence-electron chi connectivity index (χ4n) is 2.60. The van der Waals surface area contributed by atoms with E-state index in [-0.39, 0.29) is 12.0 Å². The van der Waals surface area contributed by atoms with Crippen molar-refractivity contribution in [2.45, 2.75) is 26.4 Å². The molecule has 6 heteroatoms. The van der Waals surface area contributed by atoms with E-state index in [1.54, 1.807) is 24.4 Å². The second-order valence-electron chi connectivity index (χ2n) is 6.33. The summed E-state index contributed by atoms with van der Waals surface area (Å²) in [6.07, 6.45) is 6.32. The van der Waals surface area contributed by atoms with E-state index < -0.39 is 0 Å². The molecule has 2 aromatic carbocycles. The van der Waals surface area contributed by atoms with Gasteiger partial charge in [-0.05, 0) is 61.4 Å². The number of hydrazone groups is 1. The van der Waals surface area contributed by atoms with Gasteiger partial charge in [0.25, 0.3) is 5.91 Å². The molecule has 1 atom stereocenters. The van der Waals surface area contributed by atoms with E-state index in [0.717, 1.165) is 17.7 Å². The van der Waals surface area contributed by atoms with Crippen LogP contribution in [0.5, 0.6) is 5.75 Å². The van der Waals surface area contributed by atoms with Crippen molar-refractivity contribution in [1.29, 1.82) is 0 Å². The minimum absolute atomic E-state index is 0.0941. The summed E-state index contributed by atoms with van der Waals surface area (Å²) < 4.78 is 7.63. The van der Waals surface area contributed by atoms with Crippen LogP contribution in [0.15, 0.2) is 72.1 Å². The average Bonchev–Trinajstić information content (AvgIpc) is 3.24. The molecule has 0 aliphatic carbocycles. The molecule has 28 heavy (non-hydrogen) atoms. The Balaban J connectivity index is 1.69. The zero-order chi connectivity index (χ0) is 19.9. The van der Waals surface area contributed by atoms with Crippen molar-refractivity contribution in [1.82, 2.24) is 9.99 Å². The molecule has 0 bridgehead atoms. The molecule has 0 saturated heterocycles. The second kappa shape index (κ2) is 9.24. The first-order chi connectivity index (χ1) is 13.6. The first kappa shape index (κ1) is 19.7. The number of hydrogen-bond donors (Lipinski definition) is 1. The molecule has 1 amide bonds. The van der Waals surface area contributed by atoms with Gasteiger partial charge in [-0.2, -0.15) is 5.10 Å². The van der Waals surface area contributed by atoms with Gasteiger partial charge in [-0.1, -0.05) is 30.7 Å². The number of rotatable bonds is 7. The summed E-state index contributed by atoms with van der Waals surface area (Å²) >= 11 is 6.27. The third-order valence-electron chi connectivity index (χ3n) is 4.27. The number of hydrogen-bond acceptors (Lipinski definition) is 3. The number of benzene rings is 2. The van der Waals surface area contributed by atoms with Crippen LogP contribution in [0.1, 0.15) is 36.2 Å². The van der Waals surface area contributed by atoms with Gasteiger partial charge in [0.15, 0.2) is 0 Å². The first-order valence-corrected chi connectivity index (χ1v) is 9.48. The van der Waals surface area contributed by atoms with Crippen LogP contribution in [0.25, 0.3) is 5.69 Å². The number of carbonyl (C=O) groups is 1. The lowest BCUT2D eigenvalue weighted by Crippen LogP contribution is -2.19. The van der Waals surface area contributed by atoms with Gasteiger partial charge in [-0.25, -0.2) is 5.43 Å². The van der Waals surface area contributed by atoms with E-state index >= 15 is 0 Å². The molecule has 0 radical (unpaired) electrons. The third-order valence-corrected chi connectivity index (χ3v) is 4.57. The van der Waals surface area contributed by atoms with Crippen molar-refractivity contribution in [3.63, 3.8) is 0 Å². The highest BCUT2D eigenvalue weighted by atomic mass is 35.5. The van der Waals surface area contributed by atoms with E-state index in [2.05, 4.69) is 17.5 Å². The summed E-state index contributed by atoms with van der Waals surface area (Å²) in [5.74, 6) is 0.348. The normalized spacial score (nSPS) is 12.1. The lowest BCUT2D eigenvalue weighted by molar-refractivity contribution is 0.0955. The maximum Gasteiger partial charge on any atom is 0.273 e. The Labute approximate surface area is 169 Å². The van der Waals surface area contributed by atoms with Crippen molar-refractivity contribution >= 4 is 23.7 Å². The molecule has 144 valence electrons. The number of nitrogens with one attached hydrogen (secondary N) is 1. The van der Waals surface area contributed by atoms with Gasteiger partial charge in [0.05, 0.1) is 28.6 Å². The van der Waals surface area contributed by atoms with E-state index in [0.29, 0.717) is 16.3 Å². The molecule has 3 rings (SSSR count). The van der Waals surface area contributed by atoms with Crippen molar-refractivity contribution < 1.29 is 9.53 Å². The number of ether oxygens (including phenoxy) is 1. The van der Waals surface area contributed by atoms with Gasteiger partial charge in [-0.3, -0.25) is 4.79 Å². The molecule has 0 fully saturated rings. The molecule has 1 heterocycles. The number of nitrogens with zero attached hydrogens (tertiary/aromatic N) is 2. The Morgan fingerprint density at radius 3 is 2.68 bits per heavy atom. The minimum Gasteiger partial charge on any atom is -0.489 e.